The molecule has 2 aromatic rings. The van der Waals surface area contributed by atoms with Gasteiger partial charge in [-0.15, -0.1) is 0 Å². The van der Waals surface area contributed by atoms with Crippen LogP contribution in [0.15, 0.2) is 53.5 Å². The van der Waals surface area contributed by atoms with Crippen molar-refractivity contribution in [3.05, 3.63) is 70.2 Å². The summed E-state index contributed by atoms with van der Waals surface area (Å²) in [7, 11) is 0. The van der Waals surface area contributed by atoms with Crippen molar-refractivity contribution in [2.45, 2.75) is 20.4 Å². The molecule has 0 spiro atoms. The summed E-state index contributed by atoms with van der Waals surface area (Å²) in [5.41, 5.74) is 4.92. The quantitative estimate of drug-likeness (QED) is 0.722. The summed E-state index contributed by atoms with van der Waals surface area (Å²) in [4.78, 5) is 0. The molecule has 0 unspecified atom stereocenters. The van der Waals surface area contributed by atoms with Gasteiger partial charge in [0.2, 0.25) is 0 Å². The van der Waals surface area contributed by atoms with Crippen molar-refractivity contribution in [1.82, 2.24) is 0 Å². The molecular weight excluding hydrogens is 326 g/mol. The number of rotatable bonds is 6. The van der Waals surface area contributed by atoms with Crippen LogP contribution in [0.3, 0.4) is 0 Å². The molecule has 21 heavy (non-hydrogen) atoms. The molecule has 0 bridgehead atoms. The number of benzene rings is 2. The van der Waals surface area contributed by atoms with Gasteiger partial charge in [0.15, 0.2) is 0 Å². The first-order valence-corrected chi connectivity index (χ1v) is 7.72. The third-order valence-electron chi connectivity index (χ3n) is 3.22. The first-order valence-electron chi connectivity index (χ1n) is 6.93. The van der Waals surface area contributed by atoms with Crippen LogP contribution in [-0.2, 0) is 6.54 Å². The van der Waals surface area contributed by atoms with E-state index in [9.17, 15) is 0 Å². The van der Waals surface area contributed by atoms with Gasteiger partial charge in [0, 0.05) is 12.2 Å². The Morgan fingerprint density at radius 2 is 2.00 bits per heavy atom. The topological polar surface area (TPSA) is 21.3 Å². The maximum Gasteiger partial charge on any atom is 0.133 e. The van der Waals surface area contributed by atoms with Gasteiger partial charge in [0.25, 0.3) is 0 Å². The van der Waals surface area contributed by atoms with E-state index in [0.717, 1.165) is 16.8 Å². The summed E-state index contributed by atoms with van der Waals surface area (Å²) in [5.74, 6) is 0.838. The summed E-state index contributed by atoms with van der Waals surface area (Å²) in [6.45, 7) is 9.17. The molecule has 2 rings (SSSR count). The highest BCUT2D eigenvalue weighted by molar-refractivity contribution is 9.10. The first kappa shape index (κ1) is 15.6. The number of hydrogen-bond acceptors (Lipinski definition) is 2. The lowest BCUT2D eigenvalue weighted by Crippen LogP contribution is -2.02. The van der Waals surface area contributed by atoms with Gasteiger partial charge in [-0.2, -0.15) is 0 Å². The van der Waals surface area contributed by atoms with Crippen molar-refractivity contribution < 1.29 is 4.74 Å². The van der Waals surface area contributed by atoms with Crippen LogP contribution >= 0.6 is 15.9 Å². The lowest BCUT2D eigenvalue weighted by atomic mass is 10.1. The summed E-state index contributed by atoms with van der Waals surface area (Å²) in [6.07, 6.45) is 1.74. The molecule has 0 saturated heterocycles. The van der Waals surface area contributed by atoms with E-state index in [4.69, 9.17) is 4.74 Å². The van der Waals surface area contributed by atoms with E-state index in [1.165, 1.54) is 22.4 Å². The summed E-state index contributed by atoms with van der Waals surface area (Å²) < 4.78 is 6.51. The molecule has 0 heterocycles. The number of halogens is 1. The highest BCUT2D eigenvalue weighted by Crippen LogP contribution is 2.26. The molecule has 1 N–H and O–H groups in total. The Labute approximate surface area is 135 Å². The average molecular weight is 346 g/mol. The fourth-order valence-corrected chi connectivity index (χ4v) is 2.67. The molecule has 0 saturated carbocycles. The molecule has 0 aliphatic heterocycles. The summed E-state index contributed by atoms with van der Waals surface area (Å²) >= 11 is 3.54. The first-order chi connectivity index (χ1) is 10.1. The van der Waals surface area contributed by atoms with Crippen molar-refractivity contribution >= 4 is 21.6 Å². The third-order valence-corrected chi connectivity index (χ3v) is 3.84. The molecule has 0 amide bonds. The number of hydrogen-bond donors (Lipinski definition) is 1. The monoisotopic (exact) mass is 345 g/mol. The van der Waals surface area contributed by atoms with Gasteiger partial charge in [-0.1, -0.05) is 36.4 Å². The van der Waals surface area contributed by atoms with Gasteiger partial charge in [-0.3, -0.25) is 0 Å². The predicted molar refractivity (Wildman–Crippen MR) is 93.1 cm³/mol. The summed E-state index contributed by atoms with van der Waals surface area (Å²) in [5, 5.41) is 3.47. The third kappa shape index (κ3) is 4.36. The Morgan fingerprint density at radius 1 is 1.19 bits per heavy atom. The fourth-order valence-electron chi connectivity index (χ4n) is 2.13. The van der Waals surface area contributed by atoms with Crippen LogP contribution in [0.25, 0.3) is 0 Å². The SMILES string of the molecule is C=CCOc1ccc(CNc2ccc(C)cc2C)cc1Br. The van der Waals surface area contributed by atoms with Gasteiger partial charge >= 0.3 is 0 Å². The second-order valence-corrected chi connectivity index (χ2v) is 5.89. The molecule has 0 atom stereocenters. The Hall–Kier alpha value is -1.74. The van der Waals surface area contributed by atoms with Crippen LogP contribution < -0.4 is 10.1 Å². The number of nitrogens with one attached hydrogen (secondary N) is 1. The minimum Gasteiger partial charge on any atom is -0.488 e. The molecule has 0 aliphatic rings. The van der Waals surface area contributed by atoms with Crippen molar-refractivity contribution in [3.8, 4) is 5.75 Å². The molecule has 0 fully saturated rings. The molecule has 2 aromatic carbocycles. The maximum absolute atomic E-state index is 5.55. The van der Waals surface area contributed by atoms with Gasteiger partial charge < -0.3 is 10.1 Å². The van der Waals surface area contributed by atoms with E-state index in [1.807, 2.05) is 6.07 Å². The maximum atomic E-state index is 5.55. The van der Waals surface area contributed by atoms with Crippen LogP contribution in [0.4, 0.5) is 5.69 Å². The molecular formula is C18H20BrNO. The van der Waals surface area contributed by atoms with Crippen LogP contribution in [0, 0.1) is 13.8 Å². The molecule has 2 nitrogen and oxygen atoms in total. The number of anilines is 1. The second-order valence-electron chi connectivity index (χ2n) is 5.04. The Morgan fingerprint density at radius 3 is 2.67 bits per heavy atom. The lowest BCUT2D eigenvalue weighted by Gasteiger charge is -2.12. The van der Waals surface area contributed by atoms with Gasteiger partial charge in [-0.05, 0) is 59.1 Å². The Bertz CT molecular complexity index is 637. The lowest BCUT2D eigenvalue weighted by molar-refractivity contribution is 0.361. The predicted octanol–water partition coefficient (Wildman–Crippen LogP) is 5.24. The second kappa shape index (κ2) is 7.32. The van der Waals surface area contributed by atoms with Crippen LogP contribution in [0.5, 0.6) is 5.75 Å². The van der Waals surface area contributed by atoms with E-state index in [-0.39, 0.29) is 0 Å². The zero-order chi connectivity index (χ0) is 15.2. The van der Waals surface area contributed by atoms with Crippen molar-refractivity contribution in [2.75, 3.05) is 11.9 Å². The minimum absolute atomic E-state index is 0.513. The van der Waals surface area contributed by atoms with Gasteiger partial charge in [-0.25, -0.2) is 0 Å². The number of ether oxygens (including phenoxy) is 1. The smallest absolute Gasteiger partial charge is 0.133 e. The molecule has 0 aliphatic carbocycles. The Balaban J connectivity index is 2.03. The van der Waals surface area contributed by atoms with Gasteiger partial charge in [0.05, 0.1) is 4.47 Å². The van der Waals surface area contributed by atoms with E-state index in [0.29, 0.717) is 6.61 Å². The Kier molecular flexibility index (Phi) is 5.45. The zero-order valence-electron chi connectivity index (χ0n) is 12.4. The van der Waals surface area contributed by atoms with Crippen LogP contribution in [0.2, 0.25) is 0 Å². The average Bonchev–Trinajstić information content (AvgIpc) is 2.45. The minimum atomic E-state index is 0.513. The van der Waals surface area contributed by atoms with E-state index in [2.05, 4.69) is 72.0 Å². The molecule has 3 heteroatoms. The van der Waals surface area contributed by atoms with Crippen LogP contribution in [-0.4, -0.2) is 6.61 Å². The highest BCUT2D eigenvalue weighted by atomic mass is 79.9. The standard InChI is InChI=1S/C18H20BrNO/c1-4-9-21-18-8-6-15(11-16(18)19)12-20-17-7-5-13(2)10-14(17)3/h4-8,10-11,20H,1,9,12H2,2-3H3. The summed E-state index contributed by atoms with van der Waals surface area (Å²) in [6, 6.07) is 12.6. The van der Waals surface area contributed by atoms with E-state index >= 15 is 0 Å². The molecule has 0 aromatic heterocycles. The van der Waals surface area contributed by atoms with Gasteiger partial charge in [0.1, 0.15) is 12.4 Å². The molecule has 110 valence electrons. The van der Waals surface area contributed by atoms with Crippen molar-refractivity contribution in [1.29, 1.82) is 0 Å². The molecule has 0 radical (unpaired) electrons. The zero-order valence-corrected chi connectivity index (χ0v) is 14.0. The number of aryl methyl sites for hydroxylation is 2. The normalized spacial score (nSPS) is 10.2. The fraction of sp³-hybridized carbons (Fsp3) is 0.222. The van der Waals surface area contributed by atoms with Crippen molar-refractivity contribution in [3.63, 3.8) is 0 Å². The largest absolute Gasteiger partial charge is 0.488 e. The highest BCUT2D eigenvalue weighted by Gasteiger charge is 2.03. The van der Waals surface area contributed by atoms with E-state index < -0.39 is 0 Å². The van der Waals surface area contributed by atoms with E-state index in [1.54, 1.807) is 6.08 Å². The van der Waals surface area contributed by atoms with Crippen molar-refractivity contribution in [2.24, 2.45) is 0 Å². The van der Waals surface area contributed by atoms with Crippen LogP contribution in [0.1, 0.15) is 16.7 Å².